The van der Waals surface area contributed by atoms with E-state index < -0.39 is 0 Å². The zero-order chi connectivity index (χ0) is 15.0. The Kier molecular flexibility index (Phi) is 3.67. The van der Waals surface area contributed by atoms with Gasteiger partial charge in [-0.1, -0.05) is 58.9 Å². The molecule has 1 aromatic heterocycles. The largest absolute Gasteiger partial charge is 0.270 e. The van der Waals surface area contributed by atoms with Crippen molar-refractivity contribution in [1.82, 2.24) is 15.0 Å². The second kappa shape index (κ2) is 5.00. The van der Waals surface area contributed by atoms with E-state index >= 15 is 0 Å². The monoisotopic (exact) mass is 272 g/mol. The third kappa shape index (κ3) is 3.24. The first-order valence-corrected chi connectivity index (χ1v) is 7.03. The fraction of sp³-hybridized carbons (Fsp3) is 0.562. The molecule has 0 aliphatic heterocycles. The topological polar surface area (TPSA) is 43.1 Å². The number of rotatable bonds is 2. The Hall–Kier alpha value is -1.71. The van der Waals surface area contributed by atoms with Crippen molar-refractivity contribution < 1.29 is 0 Å². The molecule has 1 aromatic carbocycles. The highest BCUT2D eigenvalue weighted by atomic mass is 15.5. The average Bonchev–Trinajstić information content (AvgIpc) is 2.70. The minimum atomic E-state index is -0.0610. The maximum atomic E-state index is 4.79. The van der Waals surface area contributed by atoms with Gasteiger partial charge >= 0.3 is 0 Å². The van der Waals surface area contributed by atoms with E-state index in [0.29, 0.717) is 0 Å². The van der Waals surface area contributed by atoms with Crippen molar-refractivity contribution in [3.63, 3.8) is 0 Å². The molecule has 4 heteroatoms. The lowest BCUT2D eigenvalue weighted by atomic mass is 9.91. The average molecular weight is 272 g/mol. The summed E-state index contributed by atoms with van der Waals surface area (Å²) in [5.74, 6) is 0. The van der Waals surface area contributed by atoms with E-state index in [0.717, 1.165) is 11.0 Å². The van der Waals surface area contributed by atoms with Crippen molar-refractivity contribution in [2.75, 3.05) is 0 Å². The molecule has 2 rings (SSSR count). The molecular formula is C16H24N4. The molecule has 20 heavy (non-hydrogen) atoms. The van der Waals surface area contributed by atoms with Crippen LogP contribution in [-0.4, -0.2) is 21.2 Å². The summed E-state index contributed by atoms with van der Waals surface area (Å²) in [5.41, 5.74) is 1.96. The second-order valence-electron chi connectivity index (χ2n) is 7.41. The molecule has 0 fully saturated rings. The van der Waals surface area contributed by atoms with E-state index in [4.69, 9.17) is 4.99 Å². The molecule has 0 aliphatic rings. The van der Waals surface area contributed by atoms with Crippen LogP contribution in [0.1, 0.15) is 47.7 Å². The summed E-state index contributed by atoms with van der Waals surface area (Å²) in [4.78, 5) is 4.79. The maximum Gasteiger partial charge on any atom is 0.148 e. The van der Waals surface area contributed by atoms with Crippen molar-refractivity contribution >= 4 is 17.2 Å². The summed E-state index contributed by atoms with van der Waals surface area (Å²) >= 11 is 0. The molecule has 0 aliphatic carbocycles. The standard InChI is InChI=1S/C16H24N4/c1-15(2,3)11-17-14(16(4,5)6)20-13-10-8-7-9-12(13)18-19-20/h7-11,14H,1-6H3. The number of nitrogens with zero attached hydrogens (tertiary/aromatic N) is 4. The molecule has 0 amide bonds. The van der Waals surface area contributed by atoms with Crippen LogP contribution in [0.25, 0.3) is 11.0 Å². The Morgan fingerprint density at radius 2 is 1.75 bits per heavy atom. The van der Waals surface area contributed by atoms with Gasteiger partial charge in [-0.3, -0.25) is 4.99 Å². The van der Waals surface area contributed by atoms with E-state index in [1.165, 1.54) is 0 Å². The quantitative estimate of drug-likeness (QED) is 0.773. The molecule has 0 saturated carbocycles. The Bertz CT molecular complexity index is 611. The highest BCUT2D eigenvalue weighted by molar-refractivity contribution is 5.74. The van der Waals surface area contributed by atoms with Crippen LogP contribution >= 0.6 is 0 Å². The lowest BCUT2D eigenvalue weighted by Gasteiger charge is -2.28. The van der Waals surface area contributed by atoms with Crippen molar-refractivity contribution in [1.29, 1.82) is 0 Å². The summed E-state index contributed by atoms with van der Waals surface area (Å²) in [6.45, 7) is 13.0. The molecule has 4 nitrogen and oxygen atoms in total. The van der Waals surface area contributed by atoms with E-state index in [1.54, 1.807) is 0 Å². The van der Waals surface area contributed by atoms with Gasteiger partial charge in [0.25, 0.3) is 0 Å². The number of hydrogen-bond acceptors (Lipinski definition) is 3. The molecule has 108 valence electrons. The summed E-state index contributed by atoms with van der Waals surface area (Å²) in [6.07, 6.45) is 1.95. The first-order chi connectivity index (χ1) is 9.18. The fourth-order valence-corrected chi connectivity index (χ4v) is 2.02. The van der Waals surface area contributed by atoms with Gasteiger partial charge in [0, 0.05) is 11.6 Å². The minimum Gasteiger partial charge on any atom is -0.270 e. The zero-order valence-electron chi connectivity index (χ0n) is 13.3. The van der Waals surface area contributed by atoms with Gasteiger partial charge in [0.2, 0.25) is 0 Å². The lowest BCUT2D eigenvalue weighted by molar-refractivity contribution is 0.235. The fourth-order valence-electron chi connectivity index (χ4n) is 2.02. The van der Waals surface area contributed by atoms with E-state index in [9.17, 15) is 0 Å². The smallest absolute Gasteiger partial charge is 0.148 e. The van der Waals surface area contributed by atoms with E-state index in [-0.39, 0.29) is 17.0 Å². The molecule has 0 bridgehead atoms. The third-order valence-corrected chi connectivity index (χ3v) is 2.99. The lowest BCUT2D eigenvalue weighted by Crippen LogP contribution is -2.25. The second-order valence-corrected chi connectivity index (χ2v) is 7.41. The normalized spacial score (nSPS) is 15.1. The number of benzene rings is 1. The Labute approximate surface area is 120 Å². The highest BCUT2D eigenvalue weighted by Gasteiger charge is 2.28. The van der Waals surface area contributed by atoms with Crippen molar-refractivity contribution in [3.8, 4) is 0 Å². The molecule has 0 saturated heterocycles. The molecular weight excluding hydrogens is 248 g/mol. The van der Waals surface area contributed by atoms with Gasteiger partial charge in [-0.05, 0) is 17.5 Å². The predicted octanol–water partition coefficient (Wildman–Crippen LogP) is 4.09. The van der Waals surface area contributed by atoms with Crippen LogP contribution in [0.15, 0.2) is 29.3 Å². The third-order valence-electron chi connectivity index (χ3n) is 2.99. The maximum absolute atomic E-state index is 4.79. The number of para-hydroxylation sites is 1. The number of aliphatic imine (C=N–C) groups is 1. The highest BCUT2D eigenvalue weighted by Crippen LogP contribution is 2.33. The van der Waals surface area contributed by atoms with Gasteiger partial charge < -0.3 is 0 Å². The number of fused-ring (bicyclic) bond motifs is 1. The molecule has 0 spiro atoms. The van der Waals surface area contributed by atoms with Crippen LogP contribution < -0.4 is 0 Å². The first-order valence-electron chi connectivity index (χ1n) is 7.03. The van der Waals surface area contributed by atoms with Gasteiger partial charge in [0.1, 0.15) is 11.7 Å². The van der Waals surface area contributed by atoms with E-state index in [2.05, 4.69) is 51.9 Å². The first kappa shape index (κ1) is 14.7. The van der Waals surface area contributed by atoms with Crippen LogP contribution in [0.3, 0.4) is 0 Å². The molecule has 0 N–H and O–H groups in total. The molecule has 1 unspecified atom stereocenters. The van der Waals surface area contributed by atoms with Crippen LogP contribution in [-0.2, 0) is 0 Å². The summed E-state index contributed by atoms with van der Waals surface area (Å²) in [6, 6.07) is 8.01. The Balaban J connectivity index is 2.50. The van der Waals surface area contributed by atoms with Gasteiger partial charge in [0.15, 0.2) is 0 Å². The minimum absolute atomic E-state index is 0.0295. The molecule has 0 radical (unpaired) electrons. The zero-order valence-corrected chi connectivity index (χ0v) is 13.3. The van der Waals surface area contributed by atoms with E-state index in [1.807, 2.05) is 35.2 Å². The van der Waals surface area contributed by atoms with Crippen molar-refractivity contribution in [3.05, 3.63) is 24.3 Å². The predicted molar refractivity (Wildman–Crippen MR) is 84.0 cm³/mol. The van der Waals surface area contributed by atoms with Gasteiger partial charge in [-0.15, -0.1) is 5.10 Å². The van der Waals surface area contributed by atoms with Gasteiger partial charge in [-0.25, -0.2) is 4.68 Å². The van der Waals surface area contributed by atoms with Gasteiger partial charge in [0.05, 0.1) is 5.52 Å². The van der Waals surface area contributed by atoms with Crippen molar-refractivity contribution in [2.45, 2.75) is 47.7 Å². The summed E-state index contributed by atoms with van der Waals surface area (Å²) < 4.78 is 1.93. The molecule has 1 heterocycles. The molecule has 1 atom stereocenters. The number of aromatic nitrogens is 3. The van der Waals surface area contributed by atoms with Gasteiger partial charge in [-0.2, -0.15) is 0 Å². The van der Waals surface area contributed by atoms with Crippen LogP contribution in [0.5, 0.6) is 0 Å². The van der Waals surface area contributed by atoms with Crippen LogP contribution in [0, 0.1) is 10.8 Å². The van der Waals surface area contributed by atoms with Crippen LogP contribution in [0.4, 0.5) is 0 Å². The Morgan fingerprint density at radius 3 is 2.35 bits per heavy atom. The van der Waals surface area contributed by atoms with Crippen molar-refractivity contribution in [2.24, 2.45) is 15.8 Å². The molecule has 2 aromatic rings. The van der Waals surface area contributed by atoms with Crippen LogP contribution in [0.2, 0.25) is 0 Å². The number of hydrogen-bond donors (Lipinski definition) is 0. The SMILES string of the molecule is CC(C)(C)C=NC(n1nnc2ccccc21)C(C)(C)C. The summed E-state index contributed by atoms with van der Waals surface area (Å²) in [5, 5.41) is 8.55. The summed E-state index contributed by atoms with van der Waals surface area (Å²) in [7, 11) is 0. The Morgan fingerprint density at radius 1 is 1.10 bits per heavy atom.